The standard InChI is InChI=1S/C20H19N5O3/c1-28-15-9-5-6-13(10-15)19(26)22-18-16-11-25(12-17(16)23-24-18)20(27)21-14-7-3-2-4-8-14/h2-10H,11-12H2,1H3,(H,21,27)(H2,22,23,24,26). The van der Waals surface area contributed by atoms with Gasteiger partial charge in [-0.25, -0.2) is 4.79 Å². The van der Waals surface area contributed by atoms with Gasteiger partial charge in [0.2, 0.25) is 0 Å². The number of nitrogens with one attached hydrogen (secondary N) is 3. The van der Waals surface area contributed by atoms with E-state index >= 15 is 0 Å². The molecular formula is C20H19N5O3. The molecule has 1 aliphatic heterocycles. The van der Waals surface area contributed by atoms with Gasteiger partial charge >= 0.3 is 6.03 Å². The number of fused-ring (bicyclic) bond motifs is 1. The van der Waals surface area contributed by atoms with Crippen LogP contribution in [-0.2, 0) is 13.1 Å². The number of anilines is 2. The minimum absolute atomic E-state index is 0.208. The lowest BCUT2D eigenvalue weighted by molar-refractivity contribution is 0.102. The van der Waals surface area contributed by atoms with E-state index in [2.05, 4.69) is 20.8 Å². The van der Waals surface area contributed by atoms with Gasteiger partial charge in [-0.1, -0.05) is 24.3 Å². The summed E-state index contributed by atoms with van der Waals surface area (Å²) in [6.45, 7) is 0.758. The molecule has 1 aliphatic rings. The summed E-state index contributed by atoms with van der Waals surface area (Å²) in [7, 11) is 1.55. The largest absolute Gasteiger partial charge is 0.497 e. The van der Waals surface area contributed by atoms with Crippen molar-refractivity contribution in [1.29, 1.82) is 0 Å². The van der Waals surface area contributed by atoms with Crippen LogP contribution in [0.5, 0.6) is 5.75 Å². The van der Waals surface area contributed by atoms with Crippen LogP contribution in [0, 0.1) is 0 Å². The molecule has 0 radical (unpaired) electrons. The molecule has 8 heteroatoms. The first-order chi connectivity index (χ1) is 13.6. The molecule has 28 heavy (non-hydrogen) atoms. The van der Waals surface area contributed by atoms with Crippen LogP contribution in [-0.4, -0.2) is 34.1 Å². The number of aromatic nitrogens is 2. The Morgan fingerprint density at radius 1 is 1.07 bits per heavy atom. The fraction of sp³-hybridized carbons (Fsp3) is 0.150. The van der Waals surface area contributed by atoms with Crippen molar-refractivity contribution in [2.75, 3.05) is 17.7 Å². The molecule has 3 amide bonds. The van der Waals surface area contributed by atoms with Crippen molar-refractivity contribution in [2.45, 2.75) is 13.1 Å². The van der Waals surface area contributed by atoms with Gasteiger partial charge in [0.15, 0.2) is 5.82 Å². The third kappa shape index (κ3) is 3.52. The maximum atomic E-state index is 12.5. The second-order valence-electron chi connectivity index (χ2n) is 6.37. The predicted octanol–water partition coefficient (Wildman–Crippen LogP) is 3.22. The zero-order valence-electron chi connectivity index (χ0n) is 15.2. The summed E-state index contributed by atoms with van der Waals surface area (Å²) in [5.41, 5.74) is 2.81. The van der Waals surface area contributed by atoms with Crippen molar-refractivity contribution in [3.63, 3.8) is 0 Å². The summed E-state index contributed by atoms with van der Waals surface area (Å²) in [6, 6.07) is 15.9. The number of rotatable bonds is 4. The molecule has 0 atom stereocenters. The van der Waals surface area contributed by atoms with Gasteiger partial charge in [0.1, 0.15) is 5.75 Å². The molecule has 0 unspecified atom stereocenters. The highest BCUT2D eigenvalue weighted by Crippen LogP contribution is 2.28. The Balaban J connectivity index is 1.44. The number of amides is 3. The van der Waals surface area contributed by atoms with Gasteiger partial charge in [0.25, 0.3) is 5.91 Å². The van der Waals surface area contributed by atoms with Crippen molar-refractivity contribution in [3.05, 3.63) is 71.4 Å². The zero-order valence-corrected chi connectivity index (χ0v) is 15.2. The van der Waals surface area contributed by atoms with Gasteiger partial charge in [0.05, 0.1) is 25.9 Å². The van der Waals surface area contributed by atoms with Crippen LogP contribution in [0.3, 0.4) is 0 Å². The molecule has 0 bridgehead atoms. The van der Waals surface area contributed by atoms with Crippen molar-refractivity contribution in [2.24, 2.45) is 0 Å². The van der Waals surface area contributed by atoms with E-state index < -0.39 is 0 Å². The highest BCUT2D eigenvalue weighted by Gasteiger charge is 2.29. The summed E-state index contributed by atoms with van der Waals surface area (Å²) in [6.07, 6.45) is 0. The van der Waals surface area contributed by atoms with Crippen LogP contribution in [0.25, 0.3) is 0 Å². The van der Waals surface area contributed by atoms with Gasteiger partial charge in [-0.2, -0.15) is 5.10 Å². The van der Waals surface area contributed by atoms with Crippen LogP contribution in [0.15, 0.2) is 54.6 Å². The first-order valence-electron chi connectivity index (χ1n) is 8.76. The first kappa shape index (κ1) is 17.6. The number of nitrogens with zero attached hydrogens (tertiary/aromatic N) is 2. The minimum Gasteiger partial charge on any atom is -0.497 e. The Morgan fingerprint density at radius 3 is 2.68 bits per heavy atom. The Bertz CT molecular complexity index is 1020. The maximum Gasteiger partial charge on any atom is 0.322 e. The number of methoxy groups -OCH3 is 1. The minimum atomic E-state index is -0.291. The van der Waals surface area contributed by atoms with Gasteiger partial charge < -0.3 is 20.3 Å². The van der Waals surface area contributed by atoms with Crippen molar-refractivity contribution >= 4 is 23.4 Å². The van der Waals surface area contributed by atoms with E-state index in [0.717, 1.165) is 16.9 Å². The average molecular weight is 377 g/mol. The molecule has 0 saturated heterocycles. The van der Waals surface area contributed by atoms with Crippen LogP contribution >= 0.6 is 0 Å². The first-order valence-corrected chi connectivity index (χ1v) is 8.76. The van der Waals surface area contributed by atoms with Gasteiger partial charge in [-0.15, -0.1) is 0 Å². The molecule has 0 fully saturated rings. The summed E-state index contributed by atoms with van der Waals surface area (Å²) in [5, 5.41) is 12.7. The van der Waals surface area contributed by atoms with Crippen LogP contribution in [0.4, 0.5) is 16.3 Å². The summed E-state index contributed by atoms with van der Waals surface area (Å²) in [4.78, 5) is 26.7. The van der Waals surface area contributed by atoms with E-state index in [1.54, 1.807) is 36.3 Å². The molecule has 3 N–H and O–H groups in total. The Labute approximate surface area is 161 Å². The molecule has 0 saturated carbocycles. The maximum absolute atomic E-state index is 12.5. The van der Waals surface area contributed by atoms with Crippen molar-refractivity contribution in [3.8, 4) is 5.75 Å². The van der Waals surface area contributed by atoms with Crippen molar-refractivity contribution < 1.29 is 14.3 Å². The van der Waals surface area contributed by atoms with Crippen LogP contribution in [0.1, 0.15) is 21.6 Å². The number of benzene rings is 2. The lowest BCUT2D eigenvalue weighted by Crippen LogP contribution is -2.30. The van der Waals surface area contributed by atoms with E-state index in [-0.39, 0.29) is 11.9 Å². The number of carbonyl (C=O) groups excluding carboxylic acids is 2. The highest BCUT2D eigenvalue weighted by molar-refractivity contribution is 6.04. The van der Waals surface area contributed by atoms with Crippen LogP contribution in [0.2, 0.25) is 0 Å². The zero-order chi connectivity index (χ0) is 19.5. The number of aromatic amines is 1. The lowest BCUT2D eigenvalue weighted by Gasteiger charge is -2.16. The van der Waals surface area contributed by atoms with E-state index in [1.807, 2.05) is 30.3 Å². The Morgan fingerprint density at radius 2 is 1.89 bits per heavy atom. The molecule has 4 rings (SSSR count). The van der Waals surface area contributed by atoms with E-state index in [0.29, 0.717) is 30.2 Å². The van der Waals surface area contributed by atoms with Gasteiger partial charge in [-0.05, 0) is 30.3 Å². The number of ether oxygens (including phenoxy) is 1. The van der Waals surface area contributed by atoms with E-state index in [1.165, 1.54) is 0 Å². The number of carbonyl (C=O) groups is 2. The Hall–Kier alpha value is -3.81. The fourth-order valence-corrected chi connectivity index (χ4v) is 3.06. The number of hydrogen-bond acceptors (Lipinski definition) is 4. The normalized spacial score (nSPS) is 12.4. The van der Waals surface area contributed by atoms with Crippen LogP contribution < -0.4 is 15.4 Å². The van der Waals surface area contributed by atoms with Crippen molar-refractivity contribution in [1.82, 2.24) is 15.1 Å². The molecule has 1 aromatic heterocycles. The van der Waals surface area contributed by atoms with Gasteiger partial charge in [-0.3, -0.25) is 9.89 Å². The van der Waals surface area contributed by atoms with E-state index in [9.17, 15) is 9.59 Å². The predicted molar refractivity (Wildman–Crippen MR) is 104 cm³/mol. The monoisotopic (exact) mass is 377 g/mol. The molecule has 142 valence electrons. The van der Waals surface area contributed by atoms with E-state index in [4.69, 9.17) is 4.74 Å². The molecule has 2 heterocycles. The number of urea groups is 1. The topological polar surface area (TPSA) is 99.3 Å². The fourth-order valence-electron chi connectivity index (χ4n) is 3.06. The lowest BCUT2D eigenvalue weighted by atomic mass is 10.2. The second kappa shape index (κ2) is 7.43. The molecule has 3 aromatic rings. The molecule has 8 nitrogen and oxygen atoms in total. The third-order valence-corrected chi connectivity index (χ3v) is 4.53. The summed E-state index contributed by atoms with van der Waals surface area (Å²) >= 11 is 0. The number of H-pyrrole nitrogens is 1. The Kier molecular flexibility index (Phi) is 4.67. The average Bonchev–Trinajstić information content (AvgIpc) is 3.31. The molecule has 0 aliphatic carbocycles. The molecule has 0 spiro atoms. The molecule has 2 aromatic carbocycles. The van der Waals surface area contributed by atoms with Gasteiger partial charge in [0, 0.05) is 16.8 Å². The number of hydrogen-bond donors (Lipinski definition) is 3. The molecular weight excluding hydrogens is 358 g/mol. The second-order valence-corrected chi connectivity index (χ2v) is 6.37. The number of para-hydroxylation sites is 1. The quantitative estimate of drug-likeness (QED) is 0.650. The SMILES string of the molecule is COc1cccc(C(=O)Nc2n[nH]c3c2CN(C(=O)Nc2ccccc2)C3)c1. The smallest absolute Gasteiger partial charge is 0.322 e. The summed E-state index contributed by atoms with van der Waals surface area (Å²) in [5.74, 6) is 0.738. The third-order valence-electron chi connectivity index (χ3n) is 4.53. The summed E-state index contributed by atoms with van der Waals surface area (Å²) < 4.78 is 5.15. The highest BCUT2D eigenvalue weighted by atomic mass is 16.5.